The predicted octanol–water partition coefficient (Wildman–Crippen LogP) is 3.28. The lowest BCUT2D eigenvalue weighted by molar-refractivity contribution is -0.142. The second-order valence-corrected chi connectivity index (χ2v) is 7.25. The molecule has 2 amide bonds. The van der Waals surface area contributed by atoms with E-state index in [0.717, 1.165) is 22.3 Å². The fourth-order valence-electron chi connectivity index (χ4n) is 3.74. The lowest BCUT2D eigenvalue weighted by Crippen LogP contribution is -2.41. The average molecular weight is 410 g/mol. The molecule has 3 rings (SSSR count). The summed E-state index contributed by atoms with van der Waals surface area (Å²) in [5, 5.41) is 14.1. The molecule has 2 aromatic rings. The Balaban J connectivity index is 1.48. The number of carboxylic acid groups (broad SMARTS) is 1. The molecule has 1 aliphatic rings. The van der Waals surface area contributed by atoms with Gasteiger partial charge in [0.05, 0.1) is 0 Å². The number of fused-ring (bicyclic) bond motifs is 3. The SMILES string of the molecule is CCC[C@H](NC(=O)CCNC(=O)OCC1c2ccccc2-c2ccccc21)C(=O)O. The van der Waals surface area contributed by atoms with Gasteiger partial charge in [0.1, 0.15) is 12.6 Å². The Morgan fingerprint density at radius 3 is 2.20 bits per heavy atom. The number of ether oxygens (including phenoxy) is 1. The van der Waals surface area contributed by atoms with Crippen molar-refractivity contribution in [2.24, 2.45) is 0 Å². The van der Waals surface area contributed by atoms with Gasteiger partial charge in [-0.15, -0.1) is 0 Å². The summed E-state index contributed by atoms with van der Waals surface area (Å²) in [5.41, 5.74) is 4.56. The Labute approximate surface area is 175 Å². The molecule has 0 unspecified atom stereocenters. The van der Waals surface area contributed by atoms with Crippen LogP contribution in [0.3, 0.4) is 0 Å². The van der Waals surface area contributed by atoms with E-state index in [2.05, 4.69) is 22.8 Å². The van der Waals surface area contributed by atoms with Gasteiger partial charge in [-0.25, -0.2) is 9.59 Å². The Morgan fingerprint density at radius 1 is 1.03 bits per heavy atom. The molecule has 0 aromatic heterocycles. The van der Waals surface area contributed by atoms with E-state index < -0.39 is 24.0 Å². The van der Waals surface area contributed by atoms with Crippen LogP contribution in [-0.4, -0.2) is 42.3 Å². The van der Waals surface area contributed by atoms with Gasteiger partial charge < -0.3 is 20.5 Å². The number of alkyl carbamates (subject to hydrolysis) is 1. The minimum absolute atomic E-state index is 0.0162. The minimum Gasteiger partial charge on any atom is -0.480 e. The highest BCUT2D eigenvalue weighted by molar-refractivity contribution is 5.84. The van der Waals surface area contributed by atoms with Crippen LogP contribution in [0.5, 0.6) is 0 Å². The monoisotopic (exact) mass is 410 g/mol. The quantitative estimate of drug-likeness (QED) is 0.588. The highest BCUT2D eigenvalue weighted by Crippen LogP contribution is 2.44. The maximum Gasteiger partial charge on any atom is 0.407 e. The van der Waals surface area contributed by atoms with Crippen molar-refractivity contribution in [2.75, 3.05) is 13.2 Å². The van der Waals surface area contributed by atoms with Crippen LogP contribution in [0.1, 0.15) is 43.2 Å². The van der Waals surface area contributed by atoms with Crippen molar-refractivity contribution < 1.29 is 24.2 Å². The van der Waals surface area contributed by atoms with Gasteiger partial charge in [-0.05, 0) is 28.7 Å². The zero-order valence-electron chi connectivity index (χ0n) is 16.9. The van der Waals surface area contributed by atoms with Gasteiger partial charge in [0.2, 0.25) is 5.91 Å². The standard InChI is InChI=1S/C23H26N2O5/c1-2-7-20(22(27)28)25-21(26)12-13-24-23(29)30-14-19-17-10-5-3-8-15(17)16-9-4-6-11-18(16)19/h3-6,8-11,19-20H,2,7,12-14H2,1H3,(H,24,29)(H,25,26)(H,27,28)/t20-/m0/s1. The van der Waals surface area contributed by atoms with Crippen LogP contribution in [0, 0.1) is 0 Å². The molecule has 7 heteroatoms. The Bertz CT molecular complexity index is 882. The average Bonchev–Trinajstić information content (AvgIpc) is 3.06. The molecule has 3 N–H and O–H groups in total. The molecule has 0 saturated heterocycles. The van der Waals surface area contributed by atoms with Gasteiger partial charge in [-0.3, -0.25) is 4.79 Å². The summed E-state index contributed by atoms with van der Waals surface area (Å²) >= 11 is 0. The molecule has 0 aliphatic heterocycles. The molecule has 0 saturated carbocycles. The second kappa shape index (κ2) is 9.91. The van der Waals surface area contributed by atoms with E-state index in [4.69, 9.17) is 9.84 Å². The maximum atomic E-state index is 12.1. The lowest BCUT2D eigenvalue weighted by Gasteiger charge is -2.15. The first kappa shape index (κ1) is 21.4. The van der Waals surface area contributed by atoms with Crippen molar-refractivity contribution in [1.29, 1.82) is 0 Å². The first-order valence-electron chi connectivity index (χ1n) is 10.1. The summed E-state index contributed by atoms with van der Waals surface area (Å²) in [6, 6.07) is 15.2. The Kier molecular flexibility index (Phi) is 7.06. The number of carbonyl (C=O) groups excluding carboxylic acids is 2. The van der Waals surface area contributed by atoms with Crippen molar-refractivity contribution in [1.82, 2.24) is 10.6 Å². The van der Waals surface area contributed by atoms with Crippen molar-refractivity contribution in [3.05, 3.63) is 59.7 Å². The van der Waals surface area contributed by atoms with E-state index in [0.29, 0.717) is 12.8 Å². The fourth-order valence-corrected chi connectivity index (χ4v) is 3.74. The van der Waals surface area contributed by atoms with Crippen LogP contribution in [-0.2, 0) is 14.3 Å². The highest BCUT2D eigenvalue weighted by atomic mass is 16.5. The molecule has 0 radical (unpaired) electrons. The normalized spacial score (nSPS) is 13.1. The summed E-state index contributed by atoms with van der Waals surface area (Å²) in [6.45, 7) is 2.12. The van der Waals surface area contributed by atoms with Crippen LogP contribution in [0.25, 0.3) is 11.1 Å². The van der Waals surface area contributed by atoms with Crippen LogP contribution < -0.4 is 10.6 Å². The Morgan fingerprint density at radius 2 is 1.63 bits per heavy atom. The van der Waals surface area contributed by atoms with Gasteiger partial charge in [0.25, 0.3) is 0 Å². The predicted molar refractivity (Wildman–Crippen MR) is 112 cm³/mol. The first-order valence-corrected chi connectivity index (χ1v) is 10.1. The molecule has 1 aliphatic carbocycles. The molecule has 158 valence electrons. The number of carboxylic acids is 1. The molecular weight excluding hydrogens is 384 g/mol. The Hall–Kier alpha value is -3.35. The van der Waals surface area contributed by atoms with Crippen molar-refractivity contribution in [3.63, 3.8) is 0 Å². The molecule has 7 nitrogen and oxygen atoms in total. The minimum atomic E-state index is -1.06. The van der Waals surface area contributed by atoms with E-state index in [1.54, 1.807) is 0 Å². The summed E-state index contributed by atoms with van der Waals surface area (Å²) in [4.78, 5) is 35.1. The van der Waals surface area contributed by atoms with E-state index in [1.165, 1.54) is 0 Å². The van der Waals surface area contributed by atoms with Crippen LogP contribution in [0.2, 0.25) is 0 Å². The van der Waals surface area contributed by atoms with E-state index in [9.17, 15) is 14.4 Å². The lowest BCUT2D eigenvalue weighted by atomic mass is 9.98. The number of benzene rings is 2. The van der Waals surface area contributed by atoms with Crippen LogP contribution in [0.4, 0.5) is 4.79 Å². The molecule has 0 bridgehead atoms. The van der Waals surface area contributed by atoms with E-state index >= 15 is 0 Å². The molecular formula is C23H26N2O5. The molecule has 0 fully saturated rings. The zero-order chi connectivity index (χ0) is 21.5. The van der Waals surface area contributed by atoms with Gasteiger partial charge in [0, 0.05) is 18.9 Å². The number of aliphatic carboxylic acids is 1. The van der Waals surface area contributed by atoms with Gasteiger partial charge in [0.15, 0.2) is 0 Å². The molecule has 0 heterocycles. The maximum absolute atomic E-state index is 12.1. The summed E-state index contributed by atoms with van der Waals surface area (Å²) in [7, 11) is 0. The fraction of sp³-hybridized carbons (Fsp3) is 0.348. The highest BCUT2D eigenvalue weighted by Gasteiger charge is 2.29. The third-order valence-corrected chi connectivity index (χ3v) is 5.18. The van der Waals surface area contributed by atoms with Crippen LogP contribution >= 0.6 is 0 Å². The number of rotatable bonds is 9. The number of nitrogens with one attached hydrogen (secondary N) is 2. The number of carbonyl (C=O) groups is 3. The van der Waals surface area contributed by atoms with Gasteiger partial charge >= 0.3 is 12.1 Å². The van der Waals surface area contributed by atoms with E-state index in [1.807, 2.05) is 43.3 Å². The van der Waals surface area contributed by atoms with Gasteiger partial charge in [-0.1, -0.05) is 61.9 Å². The smallest absolute Gasteiger partial charge is 0.407 e. The van der Waals surface area contributed by atoms with Gasteiger partial charge in [-0.2, -0.15) is 0 Å². The molecule has 1 atom stereocenters. The third kappa shape index (κ3) is 4.97. The van der Waals surface area contributed by atoms with E-state index in [-0.39, 0.29) is 25.5 Å². The molecule has 0 spiro atoms. The van der Waals surface area contributed by atoms with Crippen molar-refractivity contribution in [3.8, 4) is 11.1 Å². The number of amides is 2. The first-order chi connectivity index (χ1) is 14.5. The summed E-state index contributed by atoms with van der Waals surface area (Å²) < 4.78 is 5.40. The van der Waals surface area contributed by atoms with Crippen LogP contribution in [0.15, 0.2) is 48.5 Å². The number of hydrogen-bond acceptors (Lipinski definition) is 4. The van der Waals surface area contributed by atoms with Crippen molar-refractivity contribution in [2.45, 2.75) is 38.1 Å². The van der Waals surface area contributed by atoms with Crippen molar-refractivity contribution >= 4 is 18.0 Å². The summed E-state index contributed by atoms with van der Waals surface area (Å²) in [5.74, 6) is -1.51. The zero-order valence-corrected chi connectivity index (χ0v) is 16.9. The topological polar surface area (TPSA) is 105 Å². The summed E-state index contributed by atoms with van der Waals surface area (Å²) in [6.07, 6.45) is 0.390. The third-order valence-electron chi connectivity index (χ3n) is 5.18. The number of hydrogen-bond donors (Lipinski definition) is 3. The largest absolute Gasteiger partial charge is 0.480 e. The molecule has 30 heavy (non-hydrogen) atoms. The second-order valence-electron chi connectivity index (χ2n) is 7.25. The molecule has 2 aromatic carbocycles.